The summed E-state index contributed by atoms with van der Waals surface area (Å²) in [5.41, 5.74) is 1.22. The van der Waals surface area contributed by atoms with Crippen molar-refractivity contribution >= 4 is 35.5 Å². The van der Waals surface area contributed by atoms with E-state index in [1.165, 1.54) is 14.2 Å². The molecule has 0 N–H and O–H groups in total. The van der Waals surface area contributed by atoms with E-state index in [1.54, 1.807) is 35.7 Å². The van der Waals surface area contributed by atoms with Gasteiger partial charge in [-0.2, -0.15) is 0 Å². The fourth-order valence-electron chi connectivity index (χ4n) is 2.31. The molecule has 0 fully saturated rings. The summed E-state index contributed by atoms with van der Waals surface area (Å²) >= 11 is 3.33. The maximum Gasteiger partial charge on any atom is 0.338 e. The van der Waals surface area contributed by atoms with Gasteiger partial charge in [-0.25, -0.2) is 9.59 Å². The standard InChI is InChI=1S/C20H22O4S2/c1-23-19(21)15-9-3-5-11-17(15)25-13-7-8-14-26-18-12-6-4-10-16(18)20(22)24-2/h3-6,9-12H,7-8,13-14H2,1-2H3. The van der Waals surface area contributed by atoms with Crippen molar-refractivity contribution in [1.29, 1.82) is 0 Å². The smallest absolute Gasteiger partial charge is 0.338 e. The molecule has 0 atom stereocenters. The molecule has 2 aromatic carbocycles. The Kier molecular flexibility index (Phi) is 8.58. The van der Waals surface area contributed by atoms with Gasteiger partial charge in [-0.15, -0.1) is 23.5 Å². The van der Waals surface area contributed by atoms with Gasteiger partial charge >= 0.3 is 11.9 Å². The summed E-state index contributed by atoms with van der Waals surface area (Å²) < 4.78 is 9.63. The fourth-order valence-corrected chi connectivity index (χ4v) is 4.41. The van der Waals surface area contributed by atoms with Crippen LogP contribution in [-0.4, -0.2) is 37.7 Å². The number of hydrogen-bond acceptors (Lipinski definition) is 6. The minimum absolute atomic E-state index is 0.303. The van der Waals surface area contributed by atoms with Gasteiger partial charge in [-0.1, -0.05) is 24.3 Å². The van der Waals surface area contributed by atoms with Crippen molar-refractivity contribution in [3.8, 4) is 0 Å². The van der Waals surface area contributed by atoms with E-state index < -0.39 is 0 Å². The van der Waals surface area contributed by atoms with Gasteiger partial charge in [0.25, 0.3) is 0 Å². The predicted octanol–water partition coefficient (Wildman–Crippen LogP) is 4.92. The summed E-state index contributed by atoms with van der Waals surface area (Å²) in [5.74, 6) is 1.24. The lowest BCUT2D eigenvalue weighted by atomic mass is 10.2. The van der Waals surface area contributed by atoms with Crippen LogP contribution in [0, 0.1) is 0 Å². The fraction of sp³-hybridized carbons (Fsp3) is 0.300. The minimum atomic E-state index is -0.303. The van der Waals surface area contributed by atoms with Crippen molar-refractivity contribution in [2.45, 2.75) is 22.6 Å². The summed E-state index contributed by atoms with van der Waals surface area (Å²) in [6, 6.07) is 15.0. The van der Waals surface area contributed by atoms with E-state index in [4.69, 9.17) is 9.47 Å². The molecule has 26 heavy (non-hydrogen) atoms. The molecule has 2 aromatic rings. The van der Waals surface area contributed by atoms with Gasteiger partial charge in [-0.05, 0) is 48.6 Å². The van der Waals surface area contributed by atoms with E-state index in [0.29, 0.717) is 11.1 Å². The molecule has 0 unspecified atom stereocenters. The Morgan fingerprint density at radius 2 is 1.12 bits per heavy atom. The molecule has 0 amide bonds. The van der Waals surface area contributed by atoms with Gasteiger partial charge in [0, 0.05) is 9.79 Å². The van der Waals surface area contributed by atoms with Crippen LogP contribution in [0.15, 0.2) is 58.3 Å². The second-order valence-corrected chi connectivity index (χ2v) is 7.65. The van der Waals surface area contributed by atoms with E-state index in [1.807, 2.05) is 36.4 Å². The SMILES string of the molecule is COC(=O)c1ccccc1SCCCCSc1ccccc1C(=O)OC. The number of carbonyl (C=O) groups excluding carboxylic acids is 2. The van der Waals surface area contributed by atoms with Crippen molar-refractivity contribution < 1.29 is 19.1 Å². The molecule has 0 spiro atoms. The Morgan fingerprint density at radius 1 is 0.731 bits per heavy atom. The molecule has 0 aliphatic heterocycles. The van der Waals surface area contributed by atoms with Crippen molar-refractivity contribution in [3.05, 3.63) is 59.7 Å². The second-order valence-electron chi connectivity index (χ2n) is 5.38. The summed E-state index contributed by atoms with van der Waals surface area (Å²) in [6.07, 6.45) is 2.04. The zero-order valence-electron chi connectivity index (χ0n) is 14.9. The molecule has 0 bridgehead atoms. The van der Waals surface area contributed by atoms with E-state index in [0.717, 1.165) is 34.1 Å². The number of esters is 2. The summed E-state index contributed by atoms with van der Waals surface area (Å²) in [4.78, 5) is 25.4. The quantitative estimate of drug-likeness (QED) is 0.344. The molecule has 138 valence electrons. The zero-order chi connectivity index (χ0) is 18.8. The number of unbranched alkanes of at least 4 members (excludes halogenated alkanes) is 1. The molecule has 0 saturated carbocycles. The van der Waals surface area contributed by atoms with Crippen LogP contribution in [-0.2, 0) is 9.47 Å². The zero-order valence-corrected chi connectivity index (χ0v) is 16.5. The van der Waals surface area contributed by atoms with Crippen LogP contribution >= 0.6 is 23.5 Å². The Bertz CT molecular complexity index is 683. The normalized spacial score (nSPS) is 10.4. The molecule has 4 nitrogen and oxygen atoms in total. The van der Waals surface area contributed by atoms with Crippen LogP contribution < -0.4 is 0 Å². The maximum absolute atomic E-state index is 11.8. The molecule has 0 aromatic heterocycles. The third-order valence-electron chi connectivity index (χ3n) is 3.64. The molecular weight excluding hydrogens is 368 g/mol. The number of ether oxygens (including phenoxy) is 2. The first-order valence-electron chi connectivity index (χ1n) is 8.27. The van der Waals surface area contributed by atoms with Crippen LogP contribution in [0.5, 0.6) is 0 Å². The third-order valence-corrected chi connectivity index (χ3v) is 5.96. The molecule has 2 rings (SSSR count). The van der Waals surface area contributed by atoms with E-state index in [-0.39, 0.29) is 11.9 Å². The van der Waals surface area contributed by atoms with Crippen LogP contribution in [0.25, 0.3) is 0 Å². The number of benzene rings is 2. The second kappa shape index (κ2) is 10.9. The third kappa shape index (κ3) is 5.81. The highest BCUT2D eigenvalue weighted by molar-refractivity contribution is 7.99. The first kappa shape index (κ1) is 20.4. The number of methoxy groups -OCH3 is 2. The van der Waals surface area contributed by atoms with Gasteiger partial charge < -0.3 is 9.47 Å². The monoisotopic (exact) mass is 390 g/mol. The van der Waals surface area contributed by atoms with Crippen LogP contribution in [0.1, 0.15) is 33.6 Å². The van der Waals surface area contributed by atoms with Gasteiger partial charge in [0.1, 0.15) is 0 Å². The summed E-state index contributed by atoms with van der Waals surface area (Å²) in [5, 5.41) is 0. The van der Waals surface area contributed by atoms with Crippen molar-refractivity contribution in [3.63, 3.8) is 0 Å². The summed E-state index contributed by atoms with van der Waals surface area (Å²) in [6.45, 7) is 0. The van der Waals surface area contributed by atoms with E-state index >= 15 is 0 Å². The van der Waals surface area contributed by atoms with Gasteiger partial charge in [0.2, 0.25) is 0 Å². The molecule has 0 radical (unpaired) electrons. The molecule has 0 aliphatic carbocycles. The van der Waals surface area contributed by atoms with Crippen LogP contribution in [0.4, 0.5) is 0 Å². The highest BCUT2D eigenvalue weighted by atomic mass is 32.2. The first-order valence-corrected chi connectivity index (χ1v) is 10.2. The molecule has 0 aliphatic rings. The van der Waals surface area contributed by atoms with Crippen LogP contribution in [0.2, 0.25) is 0 Å². The minimum Gasteiger partial charge on any atom is -0.465 e. The molecular formula is C20H22O4S2. The highest BCUT2D eigenvalue weighted by Crippen LogP contribution is 2.27. The van der Waals surface area contributed by atoms with Crippen LogP contribution in [0.3, 0.4) is 0 Å². The topological polar surface area (TPSA) is 52.6 Å². The van der Waals surface area contributed by atoms with Crippen molar-refractivity contribution in [2.75, 3.05) is 25.7 Å². The highest BCUT2D eigenvalue weighted by Gasteiger charge is 2.12. The number of hydrogen-bond donors (Lipinski definition) is 0. The maximum atomic E-state index is 11.8. The lowest BCUT2D eigenvalue weighted by Gasteiger charge is -2.08. The van der Waals surface area contributed by atoms with Gasteiger partial charge in [0.05, 0.1) is 25.3 Å². The molecule has 6 heteroatoms. The van der Waals surface area contributed by atoms with Gasteiger partial charge in [0.15, 0.2) is 0 Å². The average Bonchev–Trinajstić information content (AvgIpc) is 2.70. The Labute approximate surface area is 162 Å². The molecule has 0 saturated heterocycles. The predicted molar refractivity (Wildman–Crippen MR) is 106 cm³/mol. The van der Waals surface area contributed by atoms with Gasteiger partial charge in [-0.3, -0.25) is 0 Å². The Morgan fingerprint density at radius 3 is 1.50 bits per heavy atom. The Balaban J connectivity index is 1.77. The summed E-state index contributed by atoms with van der Waals surface area (Å²) in [7, 11) is 2.79. The Hall–Kier alpha value is -1.92. The number of rotatable bonds is 9. The first-order chi connectivity index (χ1) is 12.7. The van der Waals surface area contributed by atoms with E-state index in [2.05, 4.69) is 0 Å². The number of thioether (sulfide) groups is 2. The lowest BCUT2D eigenvalue weighted by Crippen LogP contribution is -2.03. The average molecular weight is 391 g/mol. The van der Waals surface area contributed by atoms with Crippen molar-refractivity contribution in [2.24, 2.45) is 0 Å². The largest absolute Gasteiger partial charge is 0.465 e. The van der Waals surface area contributed by atoms with Crippen molar-refractivity contribution in [1.82, 2.24) is 0 Å². The number of carbonyl (C=O) groups is 2. The van der Waals surface area contributed by atoms with E-state index in [9.17, 15) is 9.59 Å². The molecule has 0 heterocycles. The lowest BCUT2D eigenvalue weighted by molar-refractivity contribution is 0.0588.